The standard InChI is InChI=1S/C8H16Si/c1-5-9(6-2,7-3)8-4/h5-6H,1-2,7-8H2,3-4H3. The smallest absolute Gasteiger partial charge is 0.0999 e. The summed E-state index contributed by atoms with van der Waals surface area (Å²) in [5.41, 5.74) is 4.25. The molecular formula is C8H16Si. The van der Waals surface area contributed by atoms with Gasteiger partial charge in [0.1, 0.15) is 0 Å². The molecule has 1 heteroatoms. The Kier molecular flexibility index (Phi) is 3.55. The van der Waals surface area contributed by atoms with Crippen molar-refractivity contribution in [2.24, 2.45) is 0 Å². The summed E-state index contributed by atoms with van der Waals surface area (Å²) >= 11 is 0. The molecular weight excluding hydrogens is 124 g/mol. The Balaban J connectivity index is 4.15. The molecule has 0 amide bonds. The molecule has 0 aromatic rings. The zero-order valence-electron chi connectivity index (χ0n) is 6.48. The maximum Gasteiger partial charge on any atom is 0.0999 e. The summed E-state index contributed by atoms with van der Waals surface area (Å²) in [5.74, 6) is 0. The third-order valence-electron chi connectivity index (χ3n) is 2.13. The fraction of sp³-hybridized carbons (Fsp3) is 0.500. The lowest BCUT2D eigenvalue weighted by Crippen LogP contribution is -2.26. The van der Waals surface area contributed by atoms with Crippen LogP contribution in [0.2, 0.25) is 12.1 Å². The SMILES string of the molecule is C=C[Si](C=C)(CC)CC. The molecule has 0 aliphatic carbocycles. The van der Waals surface area contributed by atoms with Crippen LogP contribution in [0.1, 0.15) is 13.8 Å². The highest BCUT2D eigenvalue weighted by atomic mass is 28.3. The molecule has 0 unspecified atom stereocenters. The van der Waals surface area contributed by atoms with E-state index in [-0.39, 0.29) is 0 Å². The molecule has 0 aliphatic heterocycles. The molecule has 0 N–H and O–H groups in total. The first-order chi connectivity index (χ1) is 4.24. The fourth-order valence-electron chi connectivity index (χ4n) is 0.911. The molecule has 0 heterocycles. The van der Waals surface area contributed by atoms with Crippen LogP contribution in [-0.2, 0) is 0 Å². The Bertz CT molecular complexity index is 91.1. The lowest BCUT2D eigenvalue weighted by molar-refractivity contribution is 1.29. The molecule has 0 aromatic carbocycles. The third kappa shape index (κ3) is 1.83. The van der Waals surface area contributed by atoms with E-state index < -0.39 is 8.07 Å². The second-order valence-electron chi connectivity index (χ2n) is 2.35. The van der Waals surface area contributed by atoms with Crippen LogP contribution < -0.4 is 0 Å². The van der Waals surface area contributed by atoms with Crippen molar-refractivity contribution in [1.29, 1.82) is 0 Å². The number of rotatable bonds is 4. The van der Waals surface area contributed by atoms with E-state index in [0.29, 0.717) is 0 Å². The van der Waals surface area contributed by atoms with Crippen LogP contribution in [-0.4, -0.2) is 8.07 Å². The van der Waals surface area contributed by atoms with Gasteiger partial charge in [-0.15, -0.1) is 13.2 Å². The highest BCUT2D eigenvalue weighted by Crippen LogP contribution is 2.16. The third-order valence-corrected chi connectivity index (χ3v) is 6.39. The van der Waals surface area contributed by atoms with Gasteiger partial charge in [-0.1, -0.05) is 37.3 Å². The van der Waals surface area contributed by atoms with Crippen LogP contribution in [0, 0.1) is 0 Å². The molecule has 0 aliphatic rings. The zero-order chi connectivity index (χ0) is 7.33. The Labute approximate surface area is 59.3 Å². The molecule has 0 radical (unpaired) electrons. The lowest BCUT2D eigenvalue weighted by Gasteiger charge is -2.18. The minimum Gasteiger partial charge on any atom is -0.107 e. The van der Waals surface area contributed by atoms with E-state index in [1.165, 1.54) is 12.1 Å². The average Bonchev–Trinajstić information content (AvgIpc) is 1.95. The van der Waals surface area contributed by atoms with Crippen LogP contribution in [0.5, 0.6) is 0 Å². The van der Waals surface area contributed by atoms with Gasteiger partial charge in [-0.2, -0.15) is 0 Å². The van der Waals surface area contributed by atoms with Crippen molar-refractivity contribution in [2.75, 3.05) is 0 Å². The minimum absolute atomic E-state index is 1.16. The quantitative estimate of drug-likeness (QED) is 0.527. The summed E-state index contributed by atoms with van der Waals surface area (Å²) in [6, 6.07) is 2.49. The van der Waals surface area contributed by atoms with Gasteiger partial charge in [0.25, 0.3) is 0 Å². The highest BCUT2D eigenvalue weighted by molar-refractivity contribution is 6.88. The summed E-state index contributed by atoms with van der Waals surface area (Å²) in [5, 5.41) is 0. The molecule has 0 aromatic heterocycles. The fourth-order valence-corrected chi connectivity index (χ4v) is 2.73. The molecule has 0 rings (SSSR count). The molecule has 52 valence electrons. The van der Waals surface area contributed by atoms with E-state index in [2.05, 4.69) is 38.4 Å². The van der Waals surface area contributed by atoms with Crippen molar-refractivity contribution in [1.82, 2.24) is 0 Å². The normalized spacial score (nSPS) is 10.9. The van der Waals surface area contributed by atoms with E-state index in [4.69, 9.17) is 0 Å². The molecule has 0 saturated carbocycles. The van der Waals surface area contributed by atoms with Gasteiger partial charge in [0.2, 0.25) is 0 Å². The van der Waals surface area contributed by atoms with Crippen LogP contribution >= 0.6 is 0 Å². The van der Waals surface area contributed by atoms with Crippen molar-refractivity contribution in [3.05, 3.63) is 24.6 Å². The Morgan fingerprint density at radius 1 is 1.11 bits per heavy atom. The van der Waals surface area contributed by atoms with Crippen LogP contribution in [0.15, 0.2) is 24.6 Å². The first-order valence-electron chi connectivity index (χ1n) is 3.52. The first-order valence-corrected chi connectivity index (χ1v) is 6.08. The van der Waals surface area contributed by atoms with Crippen molar-refractivity contribution < 1.29 is 0 Å². The molecule has 0 fully saturated rings. The Morgan fingerprint density at radius 2 is 1.44 bits per heavy atom. The summed E-state index contributed by atoms with van der Waals surface area (Å²) in [6.07, 6.45) is 0. The van der Waals surface area contributed by atoms with E-state index >= 15 is 0 Å². The van der Waals surface area contributed by atoms with Crippen molar-refractivity contribution in [2.45, 2.75) is 25.9 Å². The molecule has 0 bridgehead atoms. The highest BCUT2D eigenvalue weighted by Gasteiger charge is 2.19. The molecule has 0 nitrogen and oxygen atoms in total. The van der Waals surface area contributed by atoms with Crippen LogP contribution in [0.3, 0.4) is 0 Å². The maximum atomic E-state index is 3.84. The Hall–Kier alpha value is -0.303. The summed E-state index contributed by atoms with van der Waals surface area (Å²) in [6.45, 7) is 12.1. The predicted octanol–water partition coefficient (Wildman–Crippen LogP) is 2.93. The monoisotopic (exact) mass is 140 g/mol. The largest absolute Gasteiger partial charge is 0.107 e. The van der Waals surface area contributed by atoms with Crippen molar-refractivity contribution >= 4 is 8.07 Å². The van der Waals surface area contributed by atoms with E-state index in [0.717, 1.165) is 0 Å². The molecule has 0 atom stereocenters. The van der Waals surface area contributed by atoms with Crippen molar-refractivity contribution in [3.8, 4) is 0 Å². The van der Waals surface area contributed by atoms with Gasteiger partial charge in [-0.25, -0.2) is 0 Å². The van der Waals surface area contributed by atoms with E-state index in [1.807, 2.05) is 0 Å². The van der Waals surface area contributed by atoms with Gasteiger partial charge >= 0.3 is 0 Å². The van der Waals surface area contributed by atoms with Gasteiger partial charge in [0, 0.05) is 0 Å². The van der Waals surface area contributed by atoms with Crippen LogP contribution in [0.25, 0.3) is 0 Å². The maximum absolute atomic E-state index is 3.84. The number of hydrogen-bond acceptors (Lipinski definition) is 0. The van der Waals surface area contributed by atoms with Gasteiger partial charge in [0.05, 0.1) is 8.07 Å². The summed E-state index contributed by atoms with van der Waals surface area (Å²) < 4.78 is 0. The summed E-state index contributed by atoms with van der Waals surface area (Å²) in [4.78, 5) is 0. The van der Waals surface area contributed by atoms with Gasteiger partial charge in [0.15, 0.2) is 0 Å². The lowest BCUT2D eigenvalue weighted by atomic mass is 10.9. The molecule has 9 heavy (non-hydrogen) atoms. The molecule has 0 spiro atoms. The van der Waals surface area contributed by atoms with Crippen LogP contribution in [0.4, 0.5) is 0 Å². The Morgan fingerprint density at radius 3 is 1.44 bits per heavy atom. The predicted molar refractivity (Wildman–Crippen MR) is 47.1 cm³/mol. The minimum atomic E-state index is -1.16. The first kappa shape index (κ1) is 8.70. The topological polar surface area (TPSA) is 0 Å². The second kappa shape index (κ2) is 3.67. The number of hydrogen-bond donors (Lipinski definition) is 0. The second-order valence-corrected chi connectivity index (χ2v) is 7.05. The van der Waals surface area contributed by atoms with Crippen molar-refractivity contribution in [3.63, 3.8) is 0 Å². The molecule has 0 saturated heterocycles. The van der Waals surface area contributed by atoms with Gasteiger partial charge in [-0.05, 0) is 0 Å². The van der Waals surface area contributed by atoms with Gasteiger partial charge in [-0.3, -0.25) is 0 Å². The van der Waals surface area contributed by atoms with E-state index in [1.54, 1.807) is 0 Å². The van der Waals surface area contributed by atoms with E-state index in [9.17, 15) is 0 Å². The van der Waals surface area contributed by atoms with Gasteiger partial charge < -0.3 is 0 Å². The average molecular weight is 140 g/mol. The summed E-state index contributed by atoms with van der Waals surface area (Å²) in [7, 11) is -1.16. The zero-order valence-corrected chi connectivity index (χ0v) is 7.48.